The molecule has 32 heavy (non-hydrogen) atoms. The molecular weight excluding hydrogens is 436 g/mol. The second-order valence-corrected chi connectivity index (χ2v) is 7.41. The van der Waals surface area contributed by atoms with Crippen LogP contribution in [-0.2, 0) is 13.2 Å². The average Bonchev–Trinajstić information content (AvgIpc) is 3.21. The van der Waals surface area contributed by atoms with Gasteiger partial charge in [-0.1, -0.05) is 54.1 Å². The second kappa shape index (κ2) is 9.62. The van der Waals surface area contributed by atoms with Crippen LogP contribution in [0.5, 0.6) is 5.75 Å². The summed E-state index contributed by atoms with van der Waals surface area (Å²) >= 11 is 6.14. The van der Waals surface area contributed by atoms with Crippen LogP contribution >= 0.6 is 11.6 Å². The van der Waals surface area contributed by atoms with Crippen LogP contribution in [0.15, 0.2) is 79.0 Å². The van der Waals surface area contributed by atoms with Crippen LogP contribution in [0, 0.1) is 11.6 Å². The molecule has 0 saturated carbocycles. The van der Waals surface area contributed by atoms with Gasteiger partial charge in [-0.15, -0.1) is 0 Å². The molecule has 4 rings (SSSR count). The van der Waals surface area contributed by atoms with Crippen LogP contribution in [0.3, 0.4) is 0 Å². The number of amides is 1. The van der Waals surface area contributed by atoms with Crippen LogP contribution < -0.4 is 10.1 Å². The fraction of sp³-hybridized carbons (Fsp3) is 0.0833. The van der Waals surface area contributed by atoms with Crippen LogP contribution in [0.25, 0.3) is 0 Å². The maximum atomic E-state index is 13.8. The molecule has 0 atom stereocenters. The van der Waals surface area contributed by atoms with E-state index in [4.69, 9.17) is 16.3 Å². The Balaban J connectivity index is 1.47. The van der Waals surface area contributed by atoms with Crippen molar-refractivity contribution in [1.29, 1.82) is 0 Å². The number of hydrogen-bond acceptors (Lipinski definition) is 3. The lowest BCUT2D eigenvalue weighted by atomic mass is 10.2. The minimum atomic E-state index is -0.941. The van der Waals surface area contributed by atoms with Gasteiger partial charge in [0.25, 0.3) is 5.91 Å². The molecule has 0 aliphatic heterocycles. The third-order valence-corrected chi connectivity index (χ3v) is 4.91. The summed E-state index contributed by atoms with van der Waals surface area (Å²) < 4.78 is 35.2. The molecule has 162 valence electrons. The number of rotatable bonds is 7. The number of nitrogens with zero attached hydrogens (tertiary/aromatic N) is 2. The first-order valence-corrected chi connectivity index (χ1v) is 10.1. The molecule has 5 nitrogen and oxygen atoms in total. The third-order valence-electron chi connectivity index (χ3n) is 4.67. The standard InChI is InChI=1S/C24H18ClF2N3O2/c25-18-10-9-17(21(13-18)32-15-16-5-2-1-3-6-16)14-30-12-11-22(29-30)28-24(31)23-19(26)7-4-8-20(23)27/h1-13H,14-15H2,(H,28,29,31). The van der Waals surface area contributed by atoms with Crippen molar-refractivity contribution >= 4 is 23.3 Å². The summed E-state index contributed by atoms with van der Waals surface area (Å²) in [5.74, 6) is -2.02. The van der Waals surface area contributed by atoms with Crippen molar-refractivity contribution in [1.82, 2.24) is 9.78 Å². The predicted molar refractivity (Wildman–Crippen MR) is 118 cm³/mol. The van der Waals surface area contributed by atoms with E-state index in [1.807, 2.05) is 36.4 Å². The van der Waals surface area contributed by atoms with Gasteiger partial charge in [-0.3, -0.25) is 9.48 Å². The Hall–Kier alpha value is -3.71. The van der Waals surface area contributed by atoms with Crippen molar-refractivity contribution in [2.45, 2.75) is 13.2 Å². The van der Waals surface area contributed by atoms with E-state index in [0.29, 0.717) is 23.9 Å². The van der Waals surface area contributed by atoms with E-state index in [2.05, 4.69) is 10.4 Å². The zero-order valence-electron chi connectivity index (χ0n) is 16.8. The predicted octanol–water partition coefficient (Wildman–Crippen LogP) is 5.69. The number of hydrogen-bond donors (Lipinski definition) is 1. The van der Waals surface area contributed by atoms with Gasteiger partial charge in [0.1, 0.15) is 29.6 Å². The number of halogens is 3. The van der Waals surface area contributed by atoms with E-state index in [-0.39, 0.29) is 5.82 Å². The van der Waals surface area contributed by atoms with E-state index >= 15 is 0 Å². The van der Waals surface area contributed by atoms with Gasteiger partial charge in [-0.05, 0) is 29.8 Å². The monoisotopic (exact) mass is 453 g/mol. The summed E-state index contributed by atoms with van der Waals surface area (Å²) in [4.78, 5) is 12.3. The molecule has 1 N–H and O–H groups in total. The molecular formula is C24H18ClF2N3O2. The highest BCUT2D eigenvalue weighted by molar-refractivity contribution is 6.30. The SMILES string of the molecule is O=C(Nc1ccn(Cc2ccc(Cl)cc2OCc2ccccc2)n1)c1c(F)cccc1F. The Bertz CT molecular complexity index is 1220. The molecule has 0 aliphatic rings. The lowest BCUT2D eigenvalue weighted by Crippen LogP contribution is -2.16. The average molecular weight is 454 g/mol. The Morgan fingerprint density at radius 3 is 2.50 bits per heavy atom. The molecule has 0 radical (unpaired) electrons. The molecule has 3 aromatic carbocycles. The lowest BCUT2D eigenvalue weighted by Gasteiger charge is -2.12. The maximum Gasteiger partial charge on any atom is 0.262 e. The van der Waals surface area contributed by atoms with Crippen molar-refractivity contribution in [2.75, 3.05) is 5.32 Å². The highest BCUT2D eigenvalue weighted by atomic mass is 35.5. The van der Waals surface area contributed by atoms with E-state index in [9.17, 15) is 13.6 Å². The molecule has 1 amide bonds. The zero-order chi connectivity index (χ0) is 22.5. The Morgan fingerprint density at radius 2 is 1.75 bits per heavy atom. The molecule has 0 aliphatic carbocycles. The van der Waals surface area contributed by atoms with Crippen molar-refractivity contribution in [3.05, 3.63) is 112 Å². The summed E-state index contributed by atoms with van der Waals surface area (Å²) in [6.45, 7) is 0.716. The summed E-state index contributed by atoms with van der Waals surface area (Å²) in [5.41, 5.74) is 1.19. The minimum absolute atomic E-state index is 0.165. The number of ether oxygens (including phenoxy) is 1. The molecule has 0 fully saturated rings. The van der Waals surface area contributed by atoms with Gasteiger partial charge in [0.15, 0.2) is 5.82 Å². The van der Waals surface area contributed by atoms with E-state index in [1.165, 1.54) is 12.1 Å². The summed E-state index contributed by atoms with van der Waals surface area (Å²) in [6.07, 6.45) is 1.64. The minimum Gasteiger partial charge on any atom is -0.488 e. The molecule has 1 aromatic heterocycles. The van der Waals surface area contributed by atoms with Gasteiger partial charge < -0.3 is 10.1 Å². The molecule has 0 spiro atoms. The molecule has 0 bridgehead atoms. The van der Waals surface area contributed by atoms with Gasteiger partial charge in [-0.2, -0.15) is 5.10 Å². The van der Waals surface area contributed by atoms with Gasteiger partial charge in [0, 0.05) is 22.8 Å². The quantitative estimate of drug-likeness (QED) is 0.391. The van der Waals surface area contributed by atoms with Gasteiger partial charge in [0.2, 0.25) is 0 Å². The number of carbonyl (C=O) groups excluding carboxylic acids is 1. The lowest BCUT2D eigenvalue weighted by molar-refractivity contribution is 0.101. The van der Waals surface area contributed by atoms with Crippen molar-refractivity contribution in [3.8, 4) is 5.75 Å². The summed E-state index contributed by atoms with van der Waals surface area (Å²) in [6, 6.07) is 19.8. The molecule has 1 heterocycles. The largest absolute Gasteiger partial charge is 0.488 e. The van der Waals surface area contributed by atoms with Gasteiger partial charge in [-0.25, -0.2) is 8.78 Å². The van der Waals surface area contributed by atoms with Crippen molar-refractivity contribution in [3.63, 3.8) is 0 Å². The Kier molecular flexibility index (Phi) is 6.47. The number of carbonyl (C=O) groups is 1. The first kappa shape index (κ1) is 21.5. The maximum absolute atomic E-state index is 13.8. The highest BCUT2D eigenvalue weighted by Crippen LogP contribution is 2.25. The Morgan fingerprint density at radius 1 is 1.00 bits per heavy atom. The Labute approximate surface area is 188 Å². The fourth-order valence-electron chi connectivity index (χ4n) is 3.11. The smallest absolute Gasteiger partial charge is 0.262 e. The van der Waals surface area contributed by atoms with Crippen LogP contribution in [0.2, 0.25) is 5.02 Å². The first-order chi connectivity index (χ1) is 15.5. The zero-order valence-corrected chi connectivity index (χ0v) is 17.5. The van der Waals surface area contributed by atoms with Crippen molar-refractivity contribution in [2.24, 2.45) is 0 Å². The molecule has 0 saturated heterocycles. The van der Waals surface area contributed by atoms with Crippen LogP contribution in [0.1, 0.15) is 21.5 Å². The molecule has 4 aromatic rings. The topological polar surface area (TPSA) is 56.2 Å². The number of benzene rings is 3. The van der Waals surface area contributed by atoms with Crippen molar-refractivity contribution < 1.29 is 18.3 Å². The van der Waals surface area contributed by atoms with E-state index in [0.717, 1.165) is 23.3 Å². The molecule has 8 heteroatoms. The van der Waals surface area contributed by atoms with E-state index in [1.54, 1.807) is 23.0 Å². The molecule has 0 unspecified atom stereocenters. The van der Waals surface area contributed by atoms with Crippen LogP contribution in [-0.4, -0.2) is 15.7 Å². The summed E-state index contributed by atoms with van der Waals surface area (Å²) in [5, 5.41) is 7.22. The van der Waals surface area contributed by atoms with Gasteiger partial charge >= 0.3 is 0 Å². The first-order valence-electron chi connectivity index (χ1n) is 9.73. The number of anilines is 1. The van der Waals surface area contributed by atoms with Crippen LogP contribution in [0.4, 0.5) is 14.6 Å². The fourth-order valence-corrected chi connectivity index (χ4v) is 3.28. The van der Waals surface area contributed by atoms with Gasteiger partial charge in [0.05, 0.1) is 6.54 Å². The third kappa shape index (κ3) is 5.12. The van der Waals surface area contributed by atoms with E-state index < -0.39 is 23.1 Å². The number of aromatic nitrogens is 2. The summed E-state index contributed by atoms with van der Waals surface area (Å²) in [7, 11) is 0. The normalized spacial score (nSPS) is 10.7. The second-order valence-electron chi connectivity index (χ2n) is 6.98. The highest BCUT2D eigenvalue weighted by Gasteiger charge is 2.18. The number of nitrogens with one attached hydrogen (secondary N) is 1.